The van der Waals surface area contributed by atoms with E-state index in [1.165, 1.54) is 0 Å². The highest BCUT2D eigenvalue weighted by Crippen LogP contribution is 2.28. The monoisotopic (exact) mass is 386 g/mol. The van der Waals surface area contributed by atoms with Gasteiger partial charge < -0.3 is 20.3 Å². The zero-order valence-electron chi connectivity index (χ0n) is 15.4. The molecule has 0 radical (unpaired) electrons. The van der Waals surface area contributed by atoms with Gasteiger partial charge in [-0.3, -0.25) is 9.78 Å². The van der Waals surface area contributed by atoms with Crippen molar-refractivity contribution in [2.24, 2.45) is 0 Å². The van der Waals surface area contributed by atoms with E-state index in [2.05, 4.69) is 15.5 Å². The molecule has 4 rings (SSSR count). The van der Waals surface area contributed by atoms with E-state index in [0.717, 1.165) is 5.56 Å². The van der Waals surface area contributed by atoms with Crippen LogP contribution in [0.25, 0.3) is 11.3 Å². The lowest BCUT2D eigenvalue weighted by molar-refractivity contribution is 0.102. The number of aromatic nitrogens is 2. The molecule has 0 fully saturated rings. The molecule has 0 atom stereocenters. The first-order chi connectivity index (χ1) is 14.2. The summed E-state index contributed by atoms with van der Waals surface area (Å²) in [5.74, 6) is 0.151. The first-order valence-electron chi connectivity index (χ1n) is 8.94. The molecule has 0 aliphatic carbocycles. The van der Waals surface area contributed by atoms with Crippen LogP contribution >= 0.6 is 0 Å². The molecule has 7 nitrogen and oxygen atoms in total. The molecule has 0 bridgehead atoms. The van der Waals surface area contributed by atoms with Gasteiger partial charge in [-0.05, 0) is 29.8 Å². The van der Waals surface area contributed by atoms with Gasteiger partial charge in [0, 0.05) is 29.7 Å². The molecule has 0 unspecified atom stereocenters. The zero-order valence-corrected chi connectivity index (χ0v) is 15.4. The van der Waals surface area contributed by atoms with E-state index in [9.17, 15) is 4.79 Å². The molecule has 0 saturated carbocycles. The summed E-state index contributed by atoms with van der Waals surface area (Å²) in [5.41, 5.74) is 8.60. The second kappa shape index (κ2) is 8.26. The molecule has 2 aromatic carbocycles. The largest absolute Gasteiger partial charge is 0.489 e. The molecule has 29 heavy (non-hydrogen) atoms. The lowest BCUT2D eigenvalue weighted by Crippen LogP contribution is -2.14. The Hall–Kier alpha value is -4.13. The number of benzene rings is 2. The molecular weight excluding hydrogens is 368 g/mol. The fourth-order valence-electron chi connectivity index (χ4n) is 2.82. The number of nitrogens with zero attached hydrogens (tertiary/aromatic N) is 2. The predicted molar refractivity (Wildman–Crippen MR) is 109 cm³/mol. The number of nitrogen functional groups attached to an aromatic ring is 1. The van der Waals surface area contributed by atoms with Crippen molar-refractivity contribution in [1.82, 2.24) is 10.1 Å². The summed E-state index contributed by atoms with van der Waals surface area (Å²) in [6.07, 6.45) is 3.22. The van der Waals surface area contributed by atoms with E-state index in [0.29, 0.717) is 29.3 Å². The van der Waals surface area contributed by atoms with Crippen molar-refractivity contribution < 1.29 is 14.1 Å². The van der Waals surface area contributed by atoms with Crippen molar-refractivity contribution in [3.63, 3.8) is 0 Å². The first kappa shape index (κ1) is 18.2. The van der Waals surface area contributed by atoms with Gasteiger partial charge in [-0.1, -0.05) is 41.6 Å². The Labute approximate surface area is 167 Å². The Balaban J connectivity index is 1.50. The van der Waals surface area contributed by atoms with Crippen LogP contribution < -0.4 is 15.8 Å². The van der Waals surface area contributed by atoms with E-state index in [4.69, 9.17) is 15.0 Å². The number of carbonyl (C=O) groups excluding carboxylic acids is 1. The molecule has 4 aromatic rings. The molecule has 1 amide bonds. The summed E-state index contributed by atoms with van der Waals surface area (Å²) in [6.45, 7) is 0.433. The SMILES string of the molecule is Nc1onc(-c2cccnc2)c1C(=O)Nc1cccc(OCc2ccccc2)c1. The lowest BCUT2D eigenvalue weighted by Gasteiger charge is -2.09. The number of anilines is 2. The lowest BCUT2D eigenvalue weighted by atomic mass is 10.1. The van der Waals surface area contributed by atoms with Crippen molar-refractivity contribution in [2.45, 2.75) is 6.61 Å². The number of rotatable bonds is 6. The third-order valence-electron chi connectivity index (χ3n) is 4.22. The molecule has 0 saturated heterocycles. The maximum atomic E-state index is 12.8. The normalized spacial score (nSPS) is 10.5. The zero-order chi connectivity index (χ0) is 20.1. The van der Waals surface area contributed by atoms with E-state index in [1.54, 1.807) is 42.7 Å². The Morgan fingerprint density at radius 1 is 1.07 bits per heavy atom. The maximum Gasteiger partial charge on any atom is 0.263 e. The van der Waals surface area contributed by atoms with Crippen LogP contribution in [-0.4, -0.2) is 16.0 Å². The molecule has 0 aliphatic rings. The minimum atomic E-state index is -0.428. The smallest absolute Gasteiger partial charge is 0.263 e. The highest BCUT2D eigenvalue weighted by atomic mass is 16.5. The van der Waals surface area contributed by atoms with Crippen molar-refractivity contribution in [3.8, 4) is 17.0 Å². The van der Waals surface area contributed by atoms with Gasteiger partial charge in [-0.25, -0.2) is 0 Å². The number of amides is 1. The number of hydrogen-bond donors (Lipinski definition) is 2. The Morgan fingerprint density at radius 2 is 1.93 bits per heavy atom. The summed E-state index contributed by atoms with van der Waals surface area (Å²) >= 11 is 0. The van der Waals surface area contributed by atoms with Crippen LogP contribution in [0.2, 0.25) is 0 Å². The van der Waals surface area contributed by atoms with Crippen LogP contribution in [0.3, 0.4) is 0 Å². The minimum absolute atomic E-state index is 0.0576. The molecule has 3 N–H and O–H groups in total. The summed E-state index contributed by atoms with van der Waals surface area (Å²) in [7, 11) is 0. The second-order valence-corrected chi connectivity index (χ2v) is 6.27. The second-order valence-electron chi connectivity index (χ2n) is 6.27. The van der Waals surface area contributed by atoms with Gasteiger partial charge >= 0.3 is 0 Å². The van der Waals surface area contributed by atoms with Gasteiger partial charge in [0.05, 0.1) is 0 Å². The van der Waals surface area contributed by atoms with Crippen LogP contribution in [0.5, 0.6) is 5.75 Å². The van der Waals surface area contributed by atoms with Crippen molar-refractivity contribution in [2.75, 3.05) is 11.1 Å². The Kier molecular flexibility index (Phi) is 5.20. The van der Waals surface area contributed by atoms with Crippen LogP contribution in [0.4, 0.5) is 11.6 Å². The van der Waals surface area contributed by atoms with Crippen molar-refractivity contribution >= 4 is 17.5 Å². The average molecular weight is 386 g/mol. The molecule has 0 spiro atoms. The summed E-state index contributed by atoms with van der Waals surface area (Å²) in [4.78, 5) is 16.9. The topological polar surface area (TPSA) is 103 Å². The number of ether oxygens (including phenoxy) is 1. The van der Waals surface area contributed by atoms with E-state index in [1.807, 2.05) is 36.4 Å². The van der Waals surface area contributed by atoms with E-state index < -0.39 is 5.91 Å². The third kappa shape index (κ3) is 4.24. The Bertz CT molecular complexity index is 1110. The standard InChI is InChI=1S/C22H18N4O3/c23-21-19(20(26-29-21)16-8-5-11-24-13-16)22(27)25-17-9-4-10-18(12-17)28-14-15-6-2-1-3-7-15/h1-13H,14,23H2,(H,25,27). The molecule has 2 heterocycles. The third-order valence-corrected chi connectivity index (χ3v) is 4.22. The highest BCUT2D eigenvalue weighted by molar-refractivity contribution is 6.10. The molecular formula is C22H18N4O3. The summed E-state index contributed by atoms with van der Waals surface area (Å²) < 4.78 is 10.8. The van der Waals surface area contributed by atoms with Gasteiger partial charge in [-0.2, -0.15) is 0 Å². The Morgan fingerprint density at radius 3 is 2.72 bits per heavy atom. The van der Waals surface area contributed by atoms with Gasteiger partial charge in [0.1, 0.15) is 23.6 Å². The number of carbonyl (C=O) groups is 1. The quantitative estimate of drug-likeness (QED) is 0.516. The van der Waals surface area contributed by atoms with Crippen LogP contribution in [0, 0.1) is 0 Å². The van der Waals surface area contributed by atoms with E-state index in [-0.39, 0.29) is 11.4 Å². The molecule has 144 valence electrons. The number of hydrogen-bond acceptors (Lipinski definition) is 6. The van der Waals surface area contributed by atoms with Gasteiger partial charge in [-0.15, -0.1) is 0 Å². The highest BCUT2D eigenvalue weighted by Gasteiger charge is 2.22. The molecule has 0 aliphatic heterocycles. The fourth-order valence-corrected chi connectivity index (χ4v) is 2.82. The maximum absolute atomic E-state index is 12.8. The average Bonchev–Trinajstić information content (AvgIpc) is 3.15. The van der Waals surface area contributed by atoms with Gasteiger partial charge in [0.2, 0.25) is 5.88 Å². The number of nitrogens with one attached hydrogen (secondary N) is 1. The van der Waals surface area contributed by atoms with Gasteiger partial charge in [0.15, 0.2) is 0 Å². The fraction of sp³-hybridized carbons (Fsp3) is 0.0455. The first-order valence-corrected chi connectivity index (χ1v) is 8.94. The predicted octanol–water partition coefficient (Wildman–Crippen LogP) is 4.15. The van der Waals surface area contributed by atoms with Crippen LogP contribution in [0.1, 0.15) is 15.9 Å². The van der Waals surface area contributed by atoms with Crippen LogP contribution in [-0.2, 0) is 6.61 Å². The number of pyridine rings is 1. The molecule has 2 aromatic heterocycles. The van der Waals surface area contributed by atoms with E-state index >= 15 is 0 Å². The van der Waals surface area contributed by atoms with Crippen molar-refractivity contribution in [1.29, 1.82) is 0 Å². The summed E-state index contributed by atoms with van der Waals surface area (Å²) in [5, 5.41) is 6.72. The summed E-state index contributed by atoms with van der Waals surface area (Å²) in [6, 6.07) is 20.5. The van der Waals surface area contributed by atoms with Crippen molar-refractivity contribution in [3.05, 3.63) is 90.3 Å². The van der Waals surface area contributed by atoms with Crippen LogP contribution in [0.15, 0.2) is 83.6 Å². The molecule has 7 heteroatoms. The number of nitrogens with two attached hydrogens (primary N) is 1. The van der Waals surface area contributed by atoms with Gasteiger partial charge in [0.25, 0.3) is 5.91 Å². The minimum Gasteiger partial charge on any atom is -0.489 e.